The van der Waals surface area contributed by atoms with Crippen LogP contribution >= 0.6 is 23.1 Å². The third-order valence-electron chi connectivity index (χ3n) is 1.26. The first-order valence-electron chi connectivity index (χ1n) is 3.90. The van der Waals surface area contributed by atoms with Crippen molar-refractivity contribution in [3.63, 3.8) is 0 Å². The van der Waals surface area contributed by atoms with Crippen LogP contribution in [-0.2, 0) is 11.4 Å². The molecule has 0 bridgehead atoms. The molecule has 3 nitrogen and oxygen atoms in total. The second-order valence-electron chi connectivity index (χ2n) is 2.38. The van der Waals surface area contributed by atoms with E-state index in [9.17, 15) is 4.79 Å². The Morgan fingerprint density at radius 3 is 3.14 bits per heavy atom. The van der Waals surface area contributed by atoms with Gasteiger partial charge in [-0.05, 0) is 5.92 Å². The quantitative estimate of drug-likeness (QED) is 0.773. The van der Waals surface area contributed by atoms with Crippen LogP contribution in [0.2, 0.25) is 0 Å². The van der Waals surface area contributed by atoms with Gasteiger partial charge in [0.2, 0.25) is 0 Å². The zero-order valence-electron chi connectivity index (χ0n) is 7.61. The van der Waals surface area contributed by atoms with Crippen LogP contribution in [0, 0.1) is 11.8 Å². The van der Waals surface area contributed by atoms with Crippen molar-refractivity contribution in [3.8, 4) is 11.8 Å². The zero-order chi connectivity index (χ0) is 10.4. The Morgan fingerprint density at radius 1 is 1.79 bits per heavy atom. The number of thiazole rings is 1. The number of hydrogen-bond donors (Lipinski definition) is 1. The largest absolute Gasteiger partial charge is 0.390 e. The summed E-state index contributed by atoms with van der Waals surface area (Å²) in [5.74, 6) is 6.15. The Labute approximate surface area is 90.6 Å². The second kappa shape index (κ2) is 5.81. The summed E-state index contributed by atoms with van der Waals surface area (Å²) in [6.45, 7) is 1.46. The molecule has 0 aliphatic rings. The fourth-order valence-electron chi connectivity index (χ4n) is 0.686. The number of carbonyl (C=O) groups is 1. The number of rotatable bonds is 2. The Balaban J connectivity index is 2.46. The SMILES string of the molecule is CC(=O)SCC#Cc1nc(CO)cs1. The van der Waals surface area contributed by atoms with Crippen molar-refractivity contribution in [2.45, 2.75) is 13.5 Å². The third kappa shape index (κ3) is 3.92. The number of carbonyl (C=O) groups excluding carboxylic acids is 1. The predicted molar refractivity (Wildman–Crippen MR) is 58.1 cm³/mol. The molecule has 1 aromatic rings. The highest BCUT2D eigenvalue weighted by molar-refractivity contribution is 8.13. The first-order chi connectivity index (χ1) is 6.72. The Kier molecular flexibility index (Phi) is 4.66. The van der Waals surface area contributed by atoms with Crippen LogP contribution in [-0.4, -0.2) is 21.0 Å². The van der Waals surface area contributed by atoms with Gasteiger partial charge >= 0.3 is 0 Å². The summed E-state index contributed by atoms with van der Waals surface area (Å²) < 4.78 is 0. The molecular weight excluding hydrogens is 218 g/mol. The summed E-state index contributed by atoms with van der Waals surface area (Å²) in [6.07, 6.45) is 0. The van der Waals surface area contributed by atoms with Crippen molar-refractivity contribution in [1.82, 2.24) is 4.98 Å². The Morgan fingerprint density at radius 2 is 2.57 bits per heavy atom. The van der Waals surface area contributed by atoms with Gasteiger partial charge in [-0.15, -0.1) is 11.3 Å². The molecule has 0 saturated heterocycles. The van der Waals surface area contributed by atoms with Crippen molar-refractivity contribution in [2.24, 2.45) is 0 Å². The van der Waals surface area contributed by atoms with Crippen LogP contribution in [0.15, 0.2) is 5.38 Å². The highest BCUT2D eigenvalue weighted by Crippen LogP contribution is 2.08. The topological polar surface area (TPSA) is 50.2 Å². The van der Waals surface area contributed by atoms with E-state index in [-0.39, 0.29) is 11.7 Å². The molecule has 1 rings (SSSR count). The minimum absolute atomic E-state index is 0.0552. The fraction of sp³-hybridized carbons (Fsp3) is 0.333. The maximum absolute atomic E-state index is 10.6. The van der Waals surface area contributed by atoms with Crippen molar-refractivity contribution in [1.29, 1.82) is 0 Å². The van der Waals surface area contributed by atoms with Crippen LogP contribution in [0.5, 0.6) is 0 Å². The highest BCUT2D eigenvalue weighted by Gasteiger charge is 1.96. The molecule has 0 unspecified atom stereocenters. The number of nitrogens with zero attached hydrogens (tertiary/aromatic N) is 1. The van der Waals surface area contributed by atoms with Crippen LogP contribution < -0.4 is 0 Å². The Bertz CT molecular complexity index is 376. The summed E-state index contributed by atoms with van der Waals surface area (Å²) in [7, 11) is 0. The van der Waals surface area contributed by atoms with Crippen molar-refractivity contribution in [2.75, 3.05) is 5.75 Å². The van der Waals surface area contributed by atoms with Gasteiger partial charge in [0.1, 0.15) is 0 Å². The molecule has 0 radical (unpaired) electrons. The fourth-order valence-corrected chi connectivity index (χ4v) is 1.71. The first-order valence-corrected chi connectivity index (χ1v) is 5.76. The van der Waals surface area contributed by atoms with Gasteiger partial charge in [0.15, 0.2) is 10.1 Å². The molecule has 0 fully saturated rings. The molecule has 0 aliphatic carbocycles. The van der Waals surface area contributed by atoms with E-state index >= 15 is 0 Å². The number of aromatic nitrogens is 1. The van der Waals surface area contributed by atoms with Gasteiger partial charge in [-0.25, -0.2) is 4.98 Å². The summed E-state index contributed by atoms with van der Waals surface area (Å²) in [6, 6.07) is 0. The standard InChI is InChI=1S/C9H9NO2S2/c1-7(12)13-4-2-3-9-10-8(5-11)6-14-9/h6,11H,4-5H2,1H3. The molecule has 1 aromatic heterocycles. The van der Waals surface area contributed by atoms with Gasteiger partial charge in [-0.1, -0.05) is 17.7 Å². The summed E-state index contributed by atoms with van der Waals surface area (Å²) in [4.78, 5) is 14.6. The van der Waals surface area contributed by atoms with E-state index in [2.05, 4.69) is 16.8 Å². The van der Waals surface area contributed by atoms with Crippen molar-refractivity contribution >= 4 is 28.2 Å². The van der Waals surface area contributed by atoms with Gasteiger partial charge in [0, 0.05) is 12.3 Å². The Hall–Kier alpha value is -0.830. The van der Waals surface area contributed by atoms with Crippen LogP contribution in [0.25, 0.3) is 0 Å². The lowest BCUT2D eigenvalue weighted by molar-refractivity contribution is -0.109. The van der Waals surface area contributed by atoms with Crippen molar-refractivity contribution in [3.05, 3.63) is 16.1 Å². The lowest BCUT2D eigenvalue weighted by Crippen LogP contribution is -1.83. The van der Waals surface area contributed by atoms with E-state index in [0.717, 1.165) is 0 Å². The maximum atomic E-state index is 10.6. The predicted octanol–water partition coefficient (Wildman–Crippen LogP) is 1.27. The first kappa shape index (κ1) is 11.2. The van der Waals surface area contributed by atoms with Crippen LogP contribution in [0.3, 0.4) is 0 Å². The molecule has 0 spiro atoms. The number of aliphatic hydroxyl groups is 1. The molecule has 0 aromatic carbocycles. The van der Waals surface area contributed by atoms with E-state index in [1.807, 2.05) is 0 Å². The molecule has 0 atom stereocenters. The normalized spacial score (nSPS) is 9.29. The molecule has 1 heterocycles. The summed E-state index contributed by atoms with van der Waals surface area (Å²) >= 11 is 2.57. The number of hydrogen-bond acceptors (Lipinski definition) is 5. The average Bonchev–Trinajstić information content (AvgIpc) is 2.60. The van der Waals surface area contributed by atoms with E-state index in [1.54, 1.807) is 5.38 Å². The summed E-state index contributed by atoms with van der Waals surface area (Å²) in [5, 5.41) is 11.3. The minimum Gasteiger partial charge on any atom is -0.390 e. The van der Waals surface area contributed by atoms with Crippen LogP contribution in [0.4, 0.5) is 0 Å². The summed E-state index contributed by atoms with van der Waals surface area (Å²) in [5.41, 5.74) is 0.638. The maximum Gasteiger partial charge on any atom is 0.186 e. The van der Waals surface area contributed by atoms with Gasteiger partial charge in [0.25, 0.3) is 0 Å². The zero-order valence-corrected chi connectivity index (χ0v) is 9.24. The van der Waals surface area contributed by atoms with Gasteiger partial charge in [0.05, 0.1) is 18.1 Å². The number of aliphatic hydroxyl groups excluding tert-OH is 1. The smallest absolute Gasteiger partial charge is 0.186 e. The molecule has 74 valence electrons. The lowest BCUT2D eigenvalue weighted by Gasteiger charge is -1.83. The number of thioether (sulfide) groups is 1. The van der Waals surface area contributed by atoms with Crippen LogP contribution in [0.1, 0.15) is 17.6 Å². The molecule has 0 saturated carbocycles. The van der Waals surface area contributed by atoms with Gasteiger partial charge in [-0.3, -0.25) is 4.79 Å². The molecule has 14 heavy (non-hydrogen) atoms. The molecule has 0 aliphatic heterocycles. The second-order valence-corrected chi connectivity index (χ2v) is 4.39. The molecule has 5 heteroatoms. The van der Waals surface area contributed by atoms with Gasteiger partial charge < -0.3 is 5.11 Å². The third-order valence-corrected chi connectivity index (χ3v) is 2.76. The van der Waals surface area contributed by atoms with E-state index in [4.69, 9.17) is 5.11 Å². The van der Waals surface area contributed by atoms with E-state index in [0.29, 0.717) is 16.5 Å². The minimum atomic E-state index is -0.0552. The average molecular weight is 227 g/mol. The van der Waals surface area contributed by atoms with E-state index in [1.165, 1.54) is 30.0 Å². The lowest BCUT2D eigenvalue weighted by atomic mass is 10.5. The molecule has 0 amide bonds. The molecular formula is C9H9NO2S2. The van der Waals surface area contributed by atoms with Gasteiger partial charge in [-0.2, -0.15) is 0 Å². The monoisotopic (exact) mass is 227 g/mol. The van der Waals surface area contributed by atoms with E-state index < -0.39 is 0 Å². The molecule has 1 N–H and O–H groups in total. The highest BCUT2D eigenvalue weighted by atomic mass is 32.2. The van der Waals surface area contributed by atoms with Crippen molar-refractivity contribution < 1.29 is 9.90 Å².